The first-order chi connectivity index (χ1) is 15.8. The first-order valence-corrected chi connectivity index (χ1v) is 10.5. The van der Waals surface area contributed by atoms with Gasteiger partial charge in [-0.25, -0.2) is 18.7 Å². The van der Waals surface area contributed by atoms with Crippen molar-refractivity contribution in [1.29, 1.82) is 0 Å². The molecule has 0 unspecified atom stereocenters. The lowest BCUT2D eigenvalue weighted by Crippen LogP contribution is -2.10. The lowest BCUT2D eigenvalue weighted by atomic mass is 9.87. The summed E-state index contributed by atoms with van der Waals surface area (Å²) < 4.78 is 34.9. The summed E-state index contributed by atoms with van der Waals surface area (Å²) in [6, 6.07) is 13.8. The Morgan fingerprint density at radius 3 is 2.39 bits per heavy atom. The molecule has 0 atom stereocenters. The van der Waals surface area contributed by atoms with Crippen LogP contribution in [-0.2, 0) is 12.0 Å². The van der Waals surface area contributed by atoms with Crippen molar-refractivity contribution in [1.82, 2.24) is 24.7 Å². The van der Waals surface area contributed by atoms with Crippen molar-refractivity contribution >= 4 is 0 Å². The molecule has 5 rings (SSSR count). The maximum absolute atomic E-state index is 14.1. The van der Waals surface area contributed by atoms with Crippen LogP contribution in [-0.4, -0.2) is 24.7 Å². The fourth-order valence-corrected chi connectivity index (χ4v) is 3.56. The zero-order chi connectivity index (χ0) is 23.2. The van der Waals surface area contributed by atoms with E-state index in [1.54, 1.807) is 18.5 Å². The molecule has 6 nitrogen and oxygen atoms in total. The van der Waals surface area contributed by atoms with E-state index in [0.29, 0.717) is 29.6 Å². The third-order valence-corrected chi connectivity index (χ3v) is 5.41. The van der Waals surface area contributed by atoms with Gasteiger partial charge in [0.25, 0.3) is 0 Å². The van der Waals surface area contributed by atoms with Crippen LogP contribution < -0.4 is 0 Å². The van der Waals surface area contributed by atoms with Crippen molar-refractivity contribution in [3.05, 3.63) is 84.0 Å². The van der Waals surface area contributed by atoms with Crippen LogP contribution in [0.2, 0.25) is 0 Å². The van der Waals surface area contributed by atoms with E-state index in [-0.39, 0.29) is 16.8 Å². The minimum Gasteiger partial charge on any atom is -0.343 e. The Bertz CT molecular complexity index is 1400. The molecule has 0 saturated carbocycles. The fourth-order valence-electron chi connectivity index (χ4n) is 3.56. The fraction of sp³-hybridized carbons (Fsp3) is 0.200. The van der Waals surface area contributed by atoms with Crippen LogP contribution in [0, 0.1) is 11.6 Å². The smallest absolute Gasteiger partial charge is 0.246 e. The van der Waals surface area contributed by atoms with Gasteiger partial charge in [0, 0.05) is 18.0 Å². The number of hydrogen-bond acceptors (Lipinski definition) is 5. The van der Waals surface area contributed by atoms with Crippen molar-refractivity contribution in [3.8, 4) is 34.2 Å². The lowest BCUT2D eigenvalue weighted by molar-refractivity contribution is 0.371. The molecule has 0 saturated heterocycles. The van der Waals surface area contributed by atoms with Gasteiger partial charge >= 0.3 is 0 Å². The van der Waals surface area contributed by atoms with E-state index in [9.17, 15) is 8.78 Å². The van der Waals surface area contributed by atoms with Crippen molar-refractivity contribution < 1.29 is 13.3 Å². The maximum atomic E-state index is 14.1. The summed E-state index contributed by atoms with van der Waals surface area (Å²) in [6.45, 7) is 6.82. The van der Waals surface area contributed by atoms with Gasteiger partial charge in [0.15, 0.2) is 17.5 Å². The van der Waals surface area contributed by atoms with E-state index in [2.05, 4.69) is 53.0 Å². The predicted octanol–water partition coefficient (Wildman–Crippen LogP) is 5.72. The number of benzene rings is 2. The molecular formula is C25H21F2N5O. The molecular weight excluding hydrogens is 424 g/mol. The molecule has 2 aromatic carbocycles. The first kappa shape index (κ1) is 20.9. The van der Waals surface area contributed by atoms with Gasteiger partial charge in [-0.05, 0) is 29.2 Å². The molecule has 2 aliphatic rings. The molecule has 8 heteroatoms. The number of rotatable bonds is 4. The van der Waals surface area contributed by atoms with Gasteiger partial charge < -0.3 is 9.09 Å². The van der Waals surface area contributed by atoms with Crippen molar-refractivity contribution in [2.75, 3.05) is 0 Å². The van der Waals surface area contributed by atoms with Crippen molar-refractivity contribution in [2.45, 2.75) is 32.7 Å². The topological polar surface area (TPSA) is 69.6 Å². The van der Waals surface area contributed by atoms with E-state index in [1.165, 1.54) is 17.7 Å². The molecule has 0 bridgehead atoms. The molecule has 0 amide bonds. The Balaban J connectivity index is 1.37. The molecule has 0 fully saturated rings. The normalized spacial score (nSPS) is 11.9. The van der Waals surface area contributed by atoms with Gasteiger partial charge in [0.1, 0.15) is 12.2 Å². The van der Waals surface area contributed by atoms with Gasteiger partial charge in [-0.3, -0.25) is 0 Å². The molecule has 33 heavy (non-hydrogen) atoms. The highest BCUT2D eigenvalue weighted by Gasteiger charge is 2.18. The standard InChI is InChI=1S/C25H21F2N5O/c1-25(2,3)16-9-7-15(8-10-16)23-30-21(33-31-23)14-32-12-11-19-20(13-32)29-24(28-19)17-5-4-6-18(26)22(17)27/h4-13H,14H2,1-3H3. The summed E-state index contributed by atoms with van der Waals surface area (Å²) in [6.07, 6.45) is 3.55. The predicted molar refractivity (Wildman–Crippen MR) is 120 cm³/mol. The number of hydrogen-bond donors (Lipinski definition) is 0. The van der Waals surface area contributed by atoms with E-state index in [0.717, 1.165) is 11.6 Å². The largest absolute Gasteiger partial charge is 0.343 e. The average molecular weight is 445 g/mol. The highest BCUT2D eigenvalue weighted by molar-refractivity contribution is 5.66. The van der Waals surface area contributed by atoms with Gasteiger partial charge in [-0.1, -0.05) is 56.3 Å². The number of imidazole rings is 1. The summed E-state index contributed by atoms with van der Waals surface area (Å²) in [7, 11) is 0. The Morgan fingerprint density at radius 1 is 0.879 bits per heavy atom. The molecule has 2 aliphatic heterocycles. The Morgan fingerprint density at radius 2 is 1.64 bits per heavy atom. The molecule has 0 radical (unpaired) electrons. The number of nitrogens with zero attached hydrogens (tertiary/aromatic N) is 5. The molecule has 3 aromatic rings. The van der Waals surface area contributed by atoms with Crippen LogP contribution >= 0.6 is 0 Å². The zero-order valence-electron chi connectivity index (χ0n) is 18.4. The van der Waals surface area contributed by atoms with Crippen LogP contribution in [0.4, 0.5) is 8.78 Å². The number of halogens is 2. The molecule has 0 aliphatic carbocycles. The third-order valence-electron chi connectivity index (χ3n) is 5.41. The Hall–Kier alpha value is -3.94. The molecule has 3 heterocycles. The lowest BCUT2D eigenvalue weighted by Gasteiger charge is -2.18. The van der Waals surface area contributed by atoms with E-state index >= 15 is 0 Å². The van der Waals surface area contributed by atoms with Gasteiger partial charge in [-0.2, -0.15) is 4.98 Å². The van der Waals surface area contributed by atoms with Crippen LogP contribution in [0.5, 0.6) is 0 Å². The maximum Gasteiger partial charge on any atom is 0.246 e. The van der Waals surface area contributed by atoms with Gasteiger partial charge in [0.05, 0.1) is 11.3 Å². The SMILES string of the molecule is CC(C)(C)c1ccc(-c2noc(Cn3ccc4nc(-c5cccc(F)c5F)nc-4c3)n2)cc1. The zero-order valence-corrected chi connectivity index (χ0v) is 18.4. The Kier molecular flexibility index (Phi) is 5.00. The second-order valence-corrected chi connectivity index (χ2v) is 8.88. The van der Waals surface area contributed by atoms with Gasteiger partial charge in [-0.15, -0.1) is 0 Å². The van der Waals surface area contributed by atoms with E-state index in [4.69, 9.17) is 4.52 Å². The second kappa shape index (κ2) is 7.88. The highest BCUT2D eigenvalue weighted by Crippen LogP contribution is 2.28. The van der Waals surface area contributed by atoms with Crippen LogP contribution in [0.1, 0.15) is 32.2 Å². The van der Waals surface area contributed by atoms with Gasteiger partial charge in [0.2, 0.25) is 11.7 Å². The molecule has 166 valence electrons. The number of pyridine rings is 1. The third kappa shape index (κ3) is 4.11. The minimum absolute atomic E-state index is 0.0248. The average Bonchev–Trinajstić information content (AvgIpc) is 3.42. The van der Waals surface area contributed by atoms with Crippen LogP contribution in [0.15, 0.2) is 65.4 Å². The summed E-state index contributed by atoms with van der Waals surface area (Å²) in [5.74, 6) is -0.806. The molecule has 0 spiro atoms. The quantitative estimate of drug-likeness (QED) is 0.354. The summed E-state index contributed by atoms with van der Waals surface area (Å²) >= 11 is 0. The van der Waals surface area contributed by atoms with E-state index in [1.807, 2.05) is 16.7 Å². The highest BCUT2D eigenvalue weighted by atomic mass is 19.2. The monoisotopic (exact) mass is 445 g/mol. The first-order valence-electron chi connectivity index (χ1n) is 10.5. The Labute approximate surface area is 189 Å². The second-order valence-electron chi connectivity index (χ2n) is 8.88. The van der Waals surface area contributed by atoms with Crippen LogP contribution in [0.25, 0.3) is 34.2 Å². The number of fused-ring (bicyclic) bond motifs is 1. The number of aromatic nitrogens is 5. The molecule has 0 N–H and O–H groups in total. The van der Waals surface area contributed by atoms with Crippen LogP contribution in [0.3, 0.4) is 0 Å². The summed E-state index contributed by atoms with van der Waals surface area (Å²) in [5, 5.41) is 4.09. The summed E-state index contributed by atoms with van der Waals surface area (Å²) in [4.78, 5) is 13.2. The molecule has 1 aromatic heterocycles. The van der Waals surface area contributed by atoms with Crippen molar-refractivity contribution in [3.63, 3.8) is 0 Å². The van der Waals surface area contributed by atoms with Crippen molar-refractivity contribution in [2.24, 2.45) is 0 Å². The summed E-state index contributed by atoms with van der Waals surface area (Å²) in [5.41, 5.74) is 3.33. The van der Waals surface area contributed by atoms with E-state index < -0.39 is 11.6 Å². The minimum atomic E-state index is -0.963.